The quantitative estimate of drug-likeness (QED) is 0.392. The van der Waals surface area contributed by atoms with Crippen LogP contribution in [0.5, 0.6) is 0 Å². The highest BCUT2D eigenvalue weighted by molar-refractivity contribution is 7.15. The summed E-state index contributed by atoms with van der Waals surface area (Å²) in [6, 6.07) is 5.40. The van der Waals surface area contributed by atoms with Gasteiger partial charge in [-0.3, -0.25) is 9.20 Å². The molecule has 5 heterocycles. The number of hydrogen-bond donors (Lipinski definition) is 1. The maximum absolute atomic E-state index is 13.6. The van der Waals surface area contributed by atoms with Crippen molar-refractivity contribution in [1.29, 1.82) is 0 Å². The summed E-state index contributed by atoms with van der Waals surface area (Å²) in [5.41, 5.74) is 0.399. The number of alkyl halides is 2. The van der Waals surface area contributed by atoms with Crippen LogP contribution in [0.15, 0.2) is 47.6 Å². The number of thiophene rings is 1. The Kier molecular flexibility index (Phi) is 4.55. The molecule has 0 saturated heterocycles. The summed E-state index contributed by atoms with van der Waals surface area (Å²) in [5, 5.41) is 18.1. The second-order valence-electron chi connectivity index (χ2n) is 8.01. The molecule has 0 aliphatic heterocycles. The number of carbonyl (C=O) groups is 1. The van der Waals surface area contributed by atoms with E-state index in [-0.39, 0.29) is 11.3 Å². The highest BCUT2D eigenvalue weighted by Crippen LogP contribution is 2.44. The first-order valence-electron chi connectivity index (χ1n) is 10.3. The summed E-state index contributed by atoms with van der Waals surface area (Å²) in [6.45, 7) is 1.98. The maximum Gasteiger partial charge on any atom is 0.282 e. The largest absolute Gasteiger partial charge is 0.425 e. The monoisotopic (exact) mass is 482 g/mol. The molecule has 0 unspecified atom stereocenters. The first-order chi connectivity index (χ1) is 16.4. The number of halogens is 2. The number of amides is 1. The molecule has 6 rings (SSSR count). The Hall–Kier alpha value is -4.00. The van der Waals surface area contributed by atoms with Gasteiger partial charge in [0, 0.05) is 11.1 Å². The molecule has 0 spiro atoms. The molecule has 10 nitrogen and oxygen atoms in total. The second-order valence-corrected chi connectivity index (χ2v) is 9.30. The number of aryl methyl sites for hydroxylation is 1. The molecule has 1 amide bonds. The SMILES string of the molecule is Cc1ccc(-c2cnc3c(-n4nncc4C(F)F)cc(C(=O)NC4(c5nnco5)CC4)cn23)s1. The van der Waals surface area contributed by atoms with Crippen molar-refractivity contribution in [2.24, 2.45) is 0 Å². The Morgan fingerprint density at radius 2 is 2.12 bits per heavy atom. The van der Waals surface area contributed by atoms with Crippen LogP contribution in [0.1, 0.15) is 46.1 Å². The fourth-order valence-corrected chi connectivity index (χ4v) is 4.75. The predicted octanol–water partition coefficient (Wildman–Crippen LogP) is 3.69. The van der Waals surface area contributed by atoms with Crippen molar-refractivity contribution in [3.8, 4) is 16.3 Å². The van der Waals surface area contributed by atoms with Gasteiger partial charge in [-0.25, -0.2) is 18.4 Å². The third-order valence-electron chi connectivity index (χ3n) is 5.74. The van der Waals surface area contributed by atoms with Gasteiger partial charge in [0.15, 0.2) is 5.65 Å². The minimum absolute atomic E-state index is 0.211. The average molecular weight is 482 g/mol. The summed E-state index contributed by atoms with van der Waals surface area (Å²) in [7, 11) is 0. The lowest BCUT2D eigenvalue weighted by molar-refractivity contribution is 0.0922. The Balaban J connectivity index is 1.50. The molecule has 1 N–H and O–H groups in total. The molecule has 0 bridgehead atoms. The van der Waals surface area contributed by atoms with E-state index < -0.39 is 23.6 Å². The third kappa shape index (κ3) is 3.27. The first-order valence-corrected chi connectivity index (χ1v) is 11.1. The molecule has 1 saturated carbocycles. The minimum atomic E-state index is -2.81. The van der Waals surface area contributed by atoms with Crippen LogP contribution in [-0.2, 0) is 5.54 Å². The van der Waals surface area contributed by atoms with Crippen molar-refractivity contribution in [1.82, 2.24) is 39.9 Å². The van der Waals surface area contributed by atoms with Crippen molar-refractivity contribution in [3.63, 3.8) is 0 Å². The van der Waals surface area contributed by atoms with E-state index in [0.29, 0.717) is 24.4 Å². The van der Waals surface area contributed by atoms with E-state index in [1.165, 1.54) is 12.5 Å². The maximum atomic E-state index is 13.6. The van der Waals surface area contributed by atoms with Crippen molar-refractivity contribution < 1.29 is 18.0 Å². The van der Waals surface area contributed by atoms with Crippen LogP contribution in [-0.4, -0.2) is 40.5 Å². The number of hydrogen-bond acceptors (Lipinski definition) is 8. The Morgan fingerprint density at radius 3 is 2.79 bits per heavy atom. The lowest BCUT2D eigenvalue weighted by Crippen LogP contribution is -2.35. The van der Waals surface area contributed by atoms with Gasteiger partial charge in [0.1, 0.15) is 16.9 Å². The summed E-state index contributed by atoms with van der Waals surface area (Å²) in [5.74, 6) is -0.0876. The number of carbonyl (C=O) groups excluding carboxylic acids is 1. The Labute approximate surface area is 194 Å². The van der Waals surface area contributed by atoms with E-state index in [1.54, 1.807) is 28.1 Å². The van der Waals surface area contributed by atoms with Crippen molar-refractivity contribution in [3.05, 3.63) is 65.2 Å². The summed E-state index contributed by atoms with van der Waals surface area (Å²) in [4.78, 5) is 19.8. The third-order valence-corrected chi connectivity index (χ3v) is 6.76. The molecular weight excluding hydrogens is 466 g/mol. The van der Waals surface area contributed by atoms with Crippen LogP contribution in [0.3, 0.4) is 0 Å². The fraction of sp³-hybridized carbons (Fsp3) is 0.238. The highest BCUT2D eigenvalue weighted by Gasteiger charge is 2.50. The first kappa shape index (κ1) is 20.6. The van der Waals surface area contributed by atoms with Crippen LogP contribution in [0.4, 0.5) is 8.78 Å². The van der Waals surface area contributed by atoms with Crippen LogP contribution < -0.4 is 5.32 Å². The van der Waals surface area contributed by atoms with E-state index in [1.807, 2.05) is 19.1 Å². The Morgan fingerprint density at radius 1 is 1.26 bits per heavy atom. The summed E-state index contributed by atoms with van der Waals surface area (Å²) in [6.07, 6.45) is 3.98. The zero-order chi connectivity index (χ0) is 23.4. The molecule has 0 aromatic carbocycles. The molecule has 172 valence electrons. The molecule has 1 aliphatic carbocycles. The smallest absolute Gasteiger partial charge is 0.282 e. The molecule has 1 aliphatic rings. The second kappa shape index (κ2) is 7.52. The van der Waals surface area contributed by atoms with E-state index >= 15 is 0 Å². The van der Waals surface area contributed by atoms with Crippen LogP contribution in [0, 0.1) is 6.92 Å². The van der Waals surface area contributed by atoms with Gasteiger partial charge >= 0.3 is 0 Å². The summed E-state index contributed by atoms with van der Waals surface area (Å²) < 4.78 is 35.3. The lowest BCUT2D eigenvalue weighted by atomic mass is 10.2. The standard InChI is InChI=1S/C21H16F2N8O2S/c1-11-2-3-16(34-11)14-7-24-18-13(31-15(17(22)23)8-25-29-31)6-12(9-30(14)18)19(32)27-21(4-5-21)20-28-26-10-33-20/h2-3,6-10,17H,4-5H2,1H3,(H,27,32). The van der Waals surface area contributed by atoms with Gasteiger partial charge in [0.25, 0.3) is 12.3 Å². The molecule has 0 atom stereocenters. The number of rotatable bonds is 6. The number of nitrogens with zero attached hydrogens (tertiary/aromatic N) is 7. The molecule has 13 heteroatoms. The highest BCUT2D eigenvalue weighted by atomic mass is 32.1. The average Bonchev–Trinajstić information content (AvgIpc) is 3.38. The number of fused-ring (bicyclic) bond motifs is 1. The van der Waals surface area contributed by atoms with Gasteiger partial charge in [-0.15, -0.1) is 26.6 Å². The normalized spacial score (nSPS) is 14.7. The van der Waals surface area contributed by atoms with Crippen molar-refractivity contribution in [2.45, 2.75) is 31.7 Å². The van der Waals surface area contributed by atoms with E-state index in [0.717, 1.165) is 26.3 Å². The van der Waals surface area contributed by atoms with Crippen LogP contribution in [0.25, 0.3) is 21.9 Å². The van der Waals surface area contributed by atoms with Gasteiger partial charge < -0.3 is 9.73 Å². The van der Waals surface area contributed by atoms with Crippen molar-refractivity contribution in [2.75, 3.05) is 0 Å². The number of nitrogens with one attached hydrogen (secondary N) is 1. The van der Waals surface area contributed by atoms with Crippen molar-refractivity contribution >= 4 is 22.9 Å². The minimum Gasteiger partial charge on any atom is -0.425 e. The van der Waals surface area contributed by atoms with Gasteiger partial charge in [-0.05, 0) is 38.0 Å². The molecule has 34 heavy (non-hydrogen) atoms. The molecule has 5 aromatic heterocycles. The molecule has 1 fully saturated rings. The van der Waals surface area contributed by atoms with Gasteiger partial charge in [0.2, 0.25) is 12.3 Å². The van der Waals surface area contributed by atoms with Crippen LogP contribution in [0.2, 0.25) is 0 Å². The van der Waals surface area contributed by atoms with Crippen LogP contribution >= 0.6 is 11.3 Å². The van der Waals surface area contributed by atoms with Gasteiger partial charge in [0.05, 0.1) is 28.5 Å². The lowest BCUT2D eigenvalue weighted by Gasteiger charge is -2.15. The predicted molar refractivity (Wildman–Crippen MR) is 116 cm³/mol. The van der Waals surface area contributed by atoms with Gasteiger partial charge in [-0.1, -0.05) is 5.21 Å². The number of aromatic nitrogens is 7. The number of imidazole rings is 1. The number of pyridine rings is 1. The van der Waals surface area contributed by atoms with E-state index in [2.05, 4.69) is 30.8 Å². The molecule has 0 radical (unpaired) electrons. The Bertz CT molecular complexity index is 1520. The zero-order valence-corrected chi connectivity index (χ0v) is 18.5. The van der Waals surface area contributed by atoms with E-state index in [4.69, 9.17) is 4.42 Å². The molecular formula is C21H16F2N8O2S. The summed E-state index contributed by atoms with van der Waals surface area (Å²) >= 11 is 1.56. The van der Waals surface area contributed by atoms with E-state index in [9.17, 15) is 13.6 Å². The van der Waals surface area contributed by atoms with Gasteiger partial charge in [-0.2, -0.15) is 0 Å². The fourth-order valence-electron chi connectivity index (χ4n) is 3.87. The zero-order valence-electron chi connectivity index (χ0n) is 17.6. The topological polar surface area (TPSA) is 116 Å². The molecule has 5 aromatic rings.